The van der Waals surface area contributed by atoms with Crippen molar-refractivity contribution in [2.24, 2.45) is 0 Å². The molecular weight excluding hydrogens is 723 g/mol. The van der Waals surface area contributed by atoms with E-state index in [9.17, 15) is 15.0 Å². The highest BCUT2D eigenvalue weighted by Gasteiger charge is 2.17. The normalized spacial score (nSPS) is 13.9. The van der Waals surface area contributed by atoms with E-state index in [4.69, 9.17) is 0 Å². The summed E-state index contributed by atoms with van der Waals surface area (Å²) in [4.78, 5) is 12.4. The molecule has 0 saturated heterocycles. The molecule has 0 heterocycles. The van der Waals surface area contributed by atoms with Gasteiger partial charge in [-0.15, -0.1) is 0 Å². The van der Waals surface area contributed by atoms with E-state index >= 15 is 0 Å². The van der Waals surface area contributed by atoms with Crippen molar-refractivity contribution in [2.75, 3.05) is 6.61 Å². The summed E-state index contributed by atoms with van der Waals surface area (Å²) in [5.41, 5.74) is 0. The summed E-state index contributed by atoms with van der Waals surface area (Å²) in [6, 6.07) is -0.638. The minimum atomic E-state index is -0.853. The number of rotatable bonds is 43. The minimum absolute atomic E-state index is 0.0833. The summed E-state index contributed by atoms with van der Waals surface area (Å²) in [6.07, 6.45) is 74.9. The molecule has 1 amide bonds. The molecule has 4 heteroatoms. The number of aliphatic hydroxyl groups excluding tert-OH is 2. The molecule has 0 saturated carbocycles. The Kier molecular flexibility index (Phi) is 46.9. The highest BCUT2D eigenvalue weighted by Crippen LogP contribution is 2.14. The van der Waals surface area contributed by atoms with Crippen LogP contribution in [0.25, 0.3) is 0 Å². The predicted octanol–water partition coefficient (Wildman–Crippen LogP) is 16.0. The van der Waals surface area contributed by atoms with Gasteiger partial charge < -0.3 is 15.5 Å². The number of carbonyl (C=O) groups excluding carboxylic acids is 1. The lowest BCUT2D eigenvalue weighted by Gasteiger charge is -2.20. The quantitative estimate of drug-likeness (QED) is 0.0424. The van der Waals surface area contributed by atoms with E-state index in [2.05, 4.69) is 116 Å². The van der Waals surface area contributed by atoms with Crippen molar-refractivity contribution in [3.63, 3.8) is 0 Å². The van der Waals surface area contributed by atoms with Gasteiger partial charge in [-0.25, -0.2) is 0 Å². The summed E-state index contributed by atoms with van der Waals surface area (Å²) in [7, 11) is 0. The number of unbranched alkanes of at least 4 members (excludes halogenated alkanes) is 20. The Hall–Kier alpha value is -2.95. The van der Waals surface area contributed by atoms with Crippen LogP contribution in [-0.2, 0) is 4.79 Å². The molecule has 0 radical (unpaired) electrons. The molecule has 2 atom stereocenters. The van der Waals surface area contributed by atoms with Crippen LogP contribution in [0.5, 0.6) is 0 Å². The van der Waals surface area contributed by atoms with Gasteiger partial charge in [0.05, 0.1) is 18.8 Å². The largest absolute Gasteiger partial charge is 0.394 e. The van der Waals surface area contributed by atoms with Gasteiger partial charge in [-0.3, -0.25) is 4.79 Å². The number of allylic oxidation sites excluding steroid dienone is 17. The summed E-state index contributed by atoms with van der Waals surface area (Å²) >= 11 is 0. The monoisotopic (exact) mass is 816 g/mol. The fourth-order valence-electron chi connectivity index (χ4n) is 6.78. The summed E-state index contributed by atoms with van der Waals surface area (Å²) in [5, 5.41) is 23.1. The van der Waals surface area contributed by atoms with Crippen molar-refractivity contribution in [1.82, 2.24) is 5.32 Å². The maximum atomic E-state index is 12.4. The van der Waals surface area contributed by atoms with E-state index in [-0.39, 0.29) is 12.5 Å². The zero-order valence-electron chi connectivity index (χ0n) is 38.5. The fourth-order valence-corrected chi connectivity index (χ4v) is 6.78. The second-order valence-corrected chi connectivity index (χ2v) is 16.1. The van der Waals surface area contributed by atoms with Gasteiger partial charge in [0.15, 0.2) is 0 Å². The van der Waals surface area contributed by atoms with Crippen molar-refractivity contribution in [2.45, 2.75) is 225 Å². The number of carbonyl (C=O) groups is 1. The molecular formula is C55H93NO3. The van der Waals surface area contributed by atoms with Crippen molar-refractivity contribution in [3.8, 4) is 0 Å². The SMILES string of the molecule is CC/C=C\C/C=C\C/C=C\C/C=C\C/C=C\C/C=C\C/C=C\C/C=C\CCCCCCCCC(=O)NC(CO)C(O)/C=C/CCCCCCCCCCCCCCCC. The highest BCUT2D eigenvalue weighted by atomic mass is 16.3. The first kappa shape index (κ1) is 56.0. The predicted molar refractivity (Wildman–Crippen MR) is 262 cm³/mol. The summed E-state index contributed by atoms with van der Waals surface area (Å²) < 4.78 is 0. The summed E-state index contributed by atoms with van der Waals surface area (Å²) in [5.74, 6) is -0.0833. The molecule has 0 rings (SSSR count). The Labute approximate surface area is 366 Å². The Balaban J connectivity index is 3.67. The second-order valence-electron chi connectivity index (χ2n) is 16.1. The average molecular weight is 816 g/mol. The summed E-state index contributed by atoms with van der Waals surface area (Å²) in [6.45, 7) is 4.18. The molecule has 4 nitrogen and oxygen atoms in total. The highest BCUT2D eigenvalue weighted by molar-refractivity contribution is 5.76. The van der Waals surface area contributed by atoms with Gasteiger partial charge in [-0.1, -0.05) is 232 Å². The standard InChI is InChI=1S/C55H93NO3/c1-3-5-7-9-11-13-15-17-19-21-22-23-24-25-26-27-28-29-30-31-32-33-34-35-37-39-41-43-45-47-49-51-55(59)56-53(52-57)54(58)50-48-46-44-42-40-38-36-20-18-16-14-12-10-8-6-4-2/h5,7,11,13,17,19,22-23,25-26,28-29,31-32,34-35,48,50,53-54,57-58H,3-4,6,8-10,12,14-16,18,20-21,24,27,30,33,36-47,49,51-52H2,1-2H3,(H,56,59)/b7-5-,13-11-,19-17-,23-22-,26-25-,29-28-,32-31-,35-34-,50-48+. The first-order chi connectivity index (χ1) is 29.2. The average Bonchev–Trinajstić information content (AvgIpc) is 3.24. The van der Waals surface area contributed by atoms with Gasteiger partial charge >= 0.3 is 0 Å². The molecule has 59 heavy (non-hydrogen) atoms. The molecule has 0 aromatic carbocycles. The van der Waals surface area contributed by atoms with E-state index in [1.165, 1.54) is 103 Å². The number of amides is 1. The fraction of sp³-hybridized carbons (Fsp3) is 0.655. The third kappa shape index (κ3) is 46.0. The van der Waals surface area contributed by atoms with Gasteiger partial charge in [0.1, 0.15) is 0 Å². The zero-order chi connectivity index (χ0) is 42.8. The van der Waals surface area contributed by atoms with E-state index in [0.29, 0.717) is 6.42 Å². The molecule has 0 fully saturated rings. The van der Waals surface area contributed by atoms with Crippen LogP contribution in [-0.4, -0.2) is 34.9 Å². The third-order valence-electron chi connectivity index (χ3n) is 10.5. The molecule has 336 valence electrons. The van der Waals surface area contributed by atoms with E-state index in [1.54, 1.807) is 6.08 Å². The molecule has 0 aliphatic heterocycles. The number of hydrogen-bond acceptors (Lipinski definition) is 3. The van der Waals surface area contributed by atoms with Crippen LogP contribution in [0.2, 0.25) is 0 Å². The Morgan fingerprint density at radius 2 is 0.746 bits per heavy atom. The number of nitrogens with one attached hydrogen (secondary N) is 1. The zero-order valence-corrected chi connectivity index (χ0v) is 38.5. The lowest BCUT2D eigenvalue weighted by atomic mass is 10.0. The molecule has 2 unspecified atom stereocenters. The molecule has 0 aliphatic rings. The van der Waals surface area contributed by atoms with Gasteiger partial charge in [0, 0.05) is 6.42 Å². The van der Waals surface area contributed by atoms with Crippen molar-refractivity contribution < 1.29 is 15.0 Å². The Morgan fingerprint density at radius 3 is 1.12 bits per heavy atom. The van der Waals surface area contributed by atoms with Crippen molar-refractivity contribution in [3.05, 3.63) is 109 Å². The lowest BCUT2D eigenvalue weighted by Crippen LogP contribution is -2.45. The van der Waals surface area contributed by atoms with E-state index in [1.807, 2.05) is 6.08 Å². The van der Waals surface area contributed by atoms with Crippen LogP contribution >= 0.6 is 0 Å². The van der Waals surface area contributed by atoms with Crippen LogP contribution in [0, 0.1) is 0 Å². The van der Waals surface area contributed by atoms with Crippen LogP contribution in [0.1, 0.15) is 213 Å². The molecule has 0 bridgehead atoms. The maximum absolute atomic E-state index is 12.4. The van der Waals surface area contributed by atoms with Gasteiger partial charge in [0.2, 0.25) is 5.91 Å². The molecule has 0 aromatic rings. The lowest BCUT2D eigenvalue weighted by molar-refractivity contribution is -0.123. The van der Waals surface area contributed by atoms with Gasteiger partial charge in [-0.05, 0) is 83.5 Å². The minimum Gasteiger partial charge on any atom is -0.394 e. The van der Waals surface area contributed by atoms with Crippen molar-refractivity contribution in [1.29, 1.82) is 0 Å². The van der Waals surface area contributed by atoms with Crippen LogP contribution in [0.15, 0.2) is 109 Å². The molecule has 0 aromatic heterocycles. The van der Waals surface area contributed by atoms with E-state index < -0.39 is 12.1 Å². The van der Waals surface area contributed by atoms with Gasteiger partial charge in [-0.2, -0.15) is 0 Å². The number of hydrogen-bond donors (Lipinski definition) is 3. The Bertz CT molecular complexity index is 1150. The topological polar surface area (TPSA) is 69.6 Å². The molecule has 3 N–H and O–H groups in total. The second kappa shape index (κ2) is 49.4. The number of aliphatic hydroxyl groups is 2. The van der Waals surface area contributed by atoms with Crippen LogP contribution in [0.3, 0.4) is 0 Å². The van der Waals surface area contributed by atoms with Gasteiger partial charge in [0.25, 0.3) is 0 Å². The third-order valence-corrected chi connectivity index (χ3v) is 10.5. The smallest absolute Gasteiger partial charge is 0.220 e. The van der Waals surface area contributed by atoms with E-state index in [0.717, 1.165) is 89.9 Å². The van der Waals surface area contributed by atoms with Crippen molar-refractivity contribution >= 4 is 5.91 Å². The van der Waals surface area contributed by atoms with Crippen LogP contribution in [0.4, 0.5) is 0 Å². The molecule has 0 spiro atoms. The molecule has 0 aliphatic carbocycles. The first-order valence-corrected chi connectivity index (χ1v) is 24.6. The van der Waals surface area contributed by atoms with Crippen LogP contribution < -0.4 is 5.32 Å². The Morgan fingerprint density at radius 1 is 0.424 bits per heavy atom. The maximum Gasteiger partial charge on any atom is 0.220 e. The first-order valence-electron chi connectivity index (χ1n) is 24.6.